The van der Waals surface area contributed by atoms with Crippen molar-refractivity contribution in [2.24, 2.45) is 7.05 Å². The van der Waals surface area contributed by atoms with Crippen molar-refractivity contribution in [3.05, 3.63) is 65.5 Å². The summed E-state index contributed by atoms with van der Waals surface area (Å²) in [6, 6.07) is 16.3. The summed E-state index contributed by atoms with van der Waals surface area (Å²) in [5.41, 5.74) is 4.51. The first-order valence-corrected chi connectivity index (χ1v) is 7.28. The van der Waals surface area contributed by atoms with Crippen molar-refractivity contribution in [1.82, 2.24) is 9.55 Å². The summed E-state index contributed by atoms with van der Waals surface area (Å²) in [4.78, 5) is 4.62. The first-order valence-electron chi connectivity index (χ1n) is 7.28. The molecular formula is C18H20N2O. The first kappa shape index (κ1) is 13.8. The van der Waals surface area contributed by atoms with Crippen molar-refractivity contribution in [1.29, 1.82) is 0 Å². The SMILES string of the molecule is Cc1ccccc1CC(O)Cc1nc2ccccc2n1C. The normalized spacial score (nSPS) is 12.7. The number of fused-ring (bicyclic) bond motifs is 1. The van der Waals surface area contributed by atoms with E-state index in [1.165, 1.54) is 11.1 Å². The Bertz CT molecular complexity index is 761. The molecule has 3 aromatic rings. The predicted molar refractivity (Wildman–Crippen MR) is 85.3 cm³/mol. The molecule has 3 rings (SSSR count). The van der Waals surface area contributed by atoms with Crippen LogP contribution in [0.1, 0.15) is 17.0 Å². The minimum atomic E-state index is -0.415. The molecule has 2 aromatic carbocycles. The van der Waals surface area contributed by atoms with E-state index in [4.69, 9.17) is 0 Å². The topological polar surface area (TPSA) is 38.1 Å². The molecule has 1 unspecified atom stereocenters. The van der Waals surface area contributed by atoms with Gasteiger partial charge in [0.1, 0.15) is 5.82 Å². The van der Waals surface area contributed by atoms with Crippen LogP contribution in [0.25, 0.3) is 11.0 Å². The van der Waals surface area contributed by atoms with Crippen LogP contribution in [0.4, 0.5) is 0 Å². The predicted octanol–water partition coefficient (Wildman–Crippen LogP) is 3.03. The number of benzene rings is 2. The van der Waals surface area contributed by atoms with E-state index in [-0.39, 0.29) is 0 Å². The summed E-state index contributed by atoms with van der Waals surface area (Å²) in [7, 11) is 2.01. The van der Waals surface area contributed by atoms with Crippen molar-refractivity contribution in [3.63, 3.8) is 0 Å². The average molecular weight is 280 g/mol. The summed E-state index contributed by atoms with van der Waals surface area (Å²) < 4.78 is 2.07. The van der Waals surface area contributed by atoms with Crippen LogP contribution >= 0.6 is 0 Å². The maximum atomic E-state index is 10.4. The molecule has 1 atom stereocenters. The van der Waals surface area contributed by atoms with Gasteiger partial charge in [-0.1, -0.05) is 36.4 Å². The third kappa shape index (κ3) is 2.83. The summed E-state index contributed by atoms with van der Waals surface area (Å²) in [6.45, 7) is 2.08. The fourth-order valence-corrected chi connectivity index (χ4v) is 2.75. The van der Waals surface area contributed by atoms with Gasteiger partial charge >= 0.3 is 0 Å². The largest absolute Gasteiger partial charge is 0.392 e. The van der Waals surface area contributed by atoms with E-state index in [1.54, 1.807) is 0 Å². The molecule has 0 bridgehead atoms. The van der Waals surface area contributed by atoms with E-state index < -0.39 is 6.10 Å². The van der Waals surface area contributed by atoms with Crippen LogP contribution < -0.4 is 0 Å². The first-order chi connectivity index (χ1) is 10.1. The van der Waals surface area contributed by atoms with Gasteiger partial charge in [0, 0.05) is 13.5 Å². The van der Waals surface area contributed by atoms with E-state index in [0.29, 0.717) is 12.8 Å². The lowest BCUT2D eigenvalue weighted by Crippen LogP contribution is -2.17. The maximum absolute atomic E-state index is 10.4. The van der Waals surface area contributed by atoms with Gasteiger partial charge in [0.2, 0.25) is 0 Å². The van der Waals surface area contributed by atoms with Gasteiger partial charge in [-0.25, -0.2) is 4.98 Å². The highest BCUT2D eigenvalue weighted by molar-refractivity contribution is 5.75. The van der Waals surface area contributed by atoms with Gasteiger partial charge in [-0.15, -0.1) is 0 Å². The molecule has 0 saturated heterocycles. The lowest BCUT2D eigenvalue weighted by atomic mass is 10.0. The van der Waals surface area contributed by atoms with Gasteiger partial charge in [-0.05, 0) is 36.6 Å². The Hall–Kier alpha value is -2.13. The number of aryl methyl sites for hydroxylation is 2. The molecule has 0 amide bonds. The molecule has 108 valence electrons. The molecule has 0 fully saturated rings. The molecule has 0 aliphatic carbocycles. The van der Waals surface area contributed by atoms with E-state index >= 15 is 0 Å². The quantitative estimate of drug-likeness (QED) is 0.797. The minimum absolute atomic E-state index is 0.415. The maximum Gasteiger partial charge on any atom is 0.112 e. The number of nitrogens with zero attached hydrogens (tertiary/aromatic N) is 2. The number of imidazole rings is 1. The van der Waals surface area contributed by atoms with E-state index in [9.17, 15) is 5.11 Å². The van der Waals surface area contributed by atoms with Gasteiger partial charge in [0.05, 0.1) is 17.1 Å². The molecule has 0 radical (unpaired) electrons. The van der Waals surface area contributed by atoms with Gasteiger partial charge in [0.25, 0.3) is 0 Å². The second kappa shape index (κ2) is 5.70. The Morgan fingerprint density at radius 2 is 1.76 bits per heavy atom. The molecule has 0 aliphatic rings. The minimum Gasteiger partial charge on any atom is -0.392 e. The monoisotopic (exact) mass is 280 g/mol. The molecule has 0 spiro atoms. The standard InChI is InChI=1S/C18H20N2O/c1-13-7-3-4-8-14(13)11-15(21)12-18-19-16-9-5-6-10-17(16)20(18)2/h3-10,15,21H,11-12H2,1-2H3. The third-order valence-electron chi connectivity index (χ3n) is 4.01. The zero-order valence-corrected chi connectivity index (χ0v) is 12.5. The highest BCUT2D eigenvalue weighted by atomic mass is 16.3. The fraction of sp³-hybridized carbons (Fsp3) is 0.278. The molecule has 1 N–H and O–H groups in total. The van der Waals surface area contributed by atoms with Crippen LogP contribution in [0, 0.1) is 6.92 Å². The smallest absolute Gasteiger partial charge is 0.112 e. The van der Waals surface area contributed by atoms with Crippen molar-refractivity contribution in [3.8, 4) is 0 Å². The Balaban J connectivity index is 1.79. The number of aromatic nitrogens is 2. The molecule has 1 aromatic heterocycles. The Morgan fingerprint density at radius 1 is 1.05 bits per heavy atom. The zero-order valence-electron chi connectivity index (χ0n) is 12.5. The van der Waals surface area contributed by atoms with Crippen molar-refractivity contribution >= 4 is 11.0 Å². The average Bonchev–Trinajstić information content (AvgIpc) is 2.78. The number of aliphatic hydroxyl groups excluding tert-OH is 1. The van der Waals surface area contributed by atoms with Crippen molar-refractivity contribution < 1.29 is 5.11 Å². The van der Waals surface area contributed by atoms with Crippen LogP contribution in [0.3, 0.4) is 0 Å². The van der Waals surface area contributed by atoms with Crippen LogP contribution in [-0.2, 0) is 19.9 Å². The van der Waals surface area contributed by atoms with Gasteiger partial charge in [0.15, 0.2) is 0 Å². The van der Waals surface area contributed by atoms with Crippen LogP contribution in [0.5, 0.6) is 0 Å². The Kier molecular flexibility index (Phi) is 3.76. The zero-order chi connectivity index (χ0) is 14.8. The lowest BCUT2D eigenvalue weighted by Gasteiger charge is -2.12. The molecule has 21 heavy (non-hydrogen) atoms. The van der Waals surface area contributed by atoms with Crippen LogP contribution in [-0.4, -0.2) is 20.8 Å². The van der Waals surface area contributed by atoms with Gasteiger partial charge < -0.3 is 9.67 Å². The number of rotatable bonds is 4. The number of para-hydroxylation sites is 2. The van der Waals surface area contributed by atoms with Crippen LogP contribution in [0.2, 0.25) is 0 Å². The second-order valence-corrected chi connectivity index (χ2v) is 5.56. The number of hydrogen-bond acceptors (Lipinski definition) is 2. The third-order valence-corrected chi connectivity index (χ3v) is 4.01. The molecular weight excluding hydrogens is 260 g/mol. The number of hydrogen-bond donors (Lipinski definition) is 1. The van der Waals surface area contributed by atoms with Gasteiger partial charge in [-0.3, -0.25) is 0 Å². The second-order valence-electron chi connectivity index (χ2n) is 5.56. The van der Waals surface area contributed by atoms with Crippen LogP contribution in [0.15, 0.2) is 48.5 Å². The summed E-state index contributed by atoms with van der Waals surface area (Å²) >= 11 is 0. The summed E-state index contributed by atoms with van der Waals surface area (Å²) in [5, 5.41) is 10.4. The summed E-state index contributed by atoms with van der Waals surface area (Å²) in [6.07, 6.45) is 0.816. The summed E-state index contributed by atoms with van der Waals surface area (Å²) in [5.74, 6) is 0.928. The fourth-order valence-electron chi connectivity index (χ4n) is 2.75. The van der Waals surface area contributed by atoms with E-state index in [2.05, 4.69) is 34.7 Å². The molecule has 3 nitrogen and oxygen atoms in total. The Labute approximate surface area is 124 Å². The highest BCUT2D eigenvalue weighted by Gasteiger charge is 2.13. The lowest BCUT2D eigenvalue weighted by molar-refractivity contribution is 0.172. The molecule has 0 aliphatic heterocycles. The number of aliphatic hydroxyl groups is 1. The van der Waals surface area contributed by atoms with E-state index in [1.807, 2.05) is 37.4 Å². The molecule has 3 heteroatoms. The Morgan fingerprint density at radius 3 is 2.52 bits per heavy atom. The highest BCUT2D eigenvalue weighted by Crippen LogP contribution is 2.17. The van der Waals surface area contributed by atoms with Crippen molar-refractivity contribution in [2.75, 3.05) is 0 Å². The molecule has 1 heterocycles. The molecule has 0 saturated carbocycles. The van der Waals surface area contributed by atoms with Crippen molar-refractivity contribution in [2.45, 2.75) is 25.9 Å². The van der Waals surface area contributed by atoms with E-state index in [0.717, 1.165) is 16.9 Å². The van der Waals surface area contributed by atoms with Gasteiger partial charge in [-0.2, -0.15) is 0 Å².